The number of anilines is 2. The van der Waals surface area contributed by atoms with E-state index < -0.39 is 0 Å². The van der Waals surface area contributed by atoms with Crippen molar-refractivity contribution in [3.63, 3.8) is 0 Å². The molecule has 0 atom stereocenters. The van der Waals surface area contributed by atoms with E-state index in [9.17, 15) is 4.79 Å². The first-order chi connectivity index (χ1) is 8.99. The number of benzene rings is 2. The monoisotopic (exact) mass is 274 g/mol. The number of amides is 1. The van der Waals surface area contributed by atoms with E-state index in [0.29, 0.717) is 16.3 Å². The number of nitrogen functional groups attached to an aromatic ring is 1. The van der Waals surface area contributed by atoms with Gasteiger partial charge in [-0.1, -0.05) is 23.7 Å². The lowest BCUT2D eigenvalue weighted by molar-refractivity contribution is 0.0993. The summed E-state index contributed by atoms with van der Waals surface area (Å²) in [5, 5.41) is 0.402. The van der Waals surface area contributed by atoms with Crippen molar-refractivity contribution in [1.29, 1.82) is 0 Å². The van der Waals surface area contributed by atoms with Gasteiger partial charge in [-0.15, -0.1) is 0 Å². The Morgan fingerprint density at radius 3 is 2.63 bits per heavy atom. The number of halogens is 1. The van der Waals surface area contributed by atoms with Crippen LogP contribution in [0.4, 0.5) is 11.4 Å². The summed E-state index contributed by atoms with van der Waals surface area (Å²) in [5.74, 6) is -0.178. The molecule has 0 saturated carbocycles. The van der Waals surface area contributed by atoms with E-state index in [1.54, 1.807) is 30.1 Å². The molecule has 3 nitrogen and oxygen atoms in total. The average molecular weight is 275 g/mol. The molecule has 0 spiro atoms. The van der Waals surface area contributed by atoms with Gasteiger partial charge in [0.05, 0.1) is 10.6 Å². The molecule has 0 aliphatic carbocycles. The van der Waals surface area contributed by atoms with Crippen molar-refractivity contribution in [3.05, 3.63) is 58.6 Å². The summed E-state index contributed by atoms with van der Waals surface area (Å²) < 4.78 is 0. The number of rotatable bonds is 2. The van der Waals surface area contributed by atoms with E-state index in [4.69, 9.17) is 17.3 Å². The second kappa shape index (κ2) is 5.33. The summed E-state index contributed by atoms with van der Waals surface area (Å²) in [6, 6.07) is 12.6. The van der Waals surface area contributed by atoms with Crippen LogP contribution in [0.5, 0.6) is 0 Å². The molecule has 98 valence electrons. The third-order valence-electron chi connectivity index (χ3n) is 2.91. The summed E-state index contributed by atoms with van der Waals surface area (Å²) in [7, 11) is 1.72. The van der Waals surface area contributed by atoms with Crippen LogP contribution >= 0.6 is 11.6 Å². The van der Waals surface area contributed by atoms with Gasteiger partial charge in [0.2, 0.25) is 0 Å². The standard InChI is InChI=1S/C15H15ClN2O/c1-10-4-3-5-12(8-10)18(2)15(19)13-9-11(17)6-7-14(13)16/h3-9H,17H2,1-2H3. The van der Waals surface area contributed by atoms with Gasteiger partial charge in [-0.25, -0.2) is 0 Å². The van der Waals surface area contributed by atoms with E-state index in [2.05, 4.69) is 0 Å². The Balaban J connectivity index is 2.36. The normalized spacial score (nSPS) is 10.3. The first kappa shape index (κ1) is 13.4. The van der Waals surface area contributed by atoms with Gasteiger partial charge in [0, 0.05) is 18.4 Å². The molecule has 2 rings (SSSR count). The maximum absolute atomic E-state index is 12.4. The highest BCUT2D eigenvalue weighted by Crippen LogP contribution is 2.23. The highest BCUT2D eigenvalue weighted by Gasteiger charge is 2.16. The van der Waals surface area contributed by atoms with Gasteiger partial charge in [0.1, 0.15) is 0 Å². The van der Waals surface area contributed by atoms with Crippen molar-refractivity contribution in [2.45, 2.75) is 6.92 Å². The van der Waals surface area contributed by atoms with Crippen LogP contribution in [0.25, 0.3) is 0 Å². The molecule has 0 fully saturated rings. The number of nitrogens with two attached hydrogens (primary N) is 1. The zero-order valence-electron chi connectivity index (χ0n) is 10.9. The molecular formula is C15H15ClN2O. The lowest BCUT2D eigenvalue weighted by Crippen LogP contribution is -2.26. The van der Waals surface area contributed by atoms with Gasteiger partial charge in [-0.2, -0.15) is 0 Å². The van der Waals surface area contributed by atoms with Crippen LogP contribution in [0.2, 0.25) is 5.02 Å². The molecule has 0 radical (unpaired) electrons. The van der Waals surface area contributed by atoms with Gasteiger partial charge in [-0.3, -0.25) is 4.79 Å². The highest BCUT2D eigenvalue weighted by molar-refractivity contribution is 6.34. The number of hydrogen-bond donors (Lipinski definition) is 1. The Hall–Kier alpha value is -2.00. The van der Waals surface area contributed by atoms with E-state index in [1.165, 1.54) is 0 Å². The molecule has 0 aliphatic rings. The summed E-state index contributed by atoms with van der Waals surface area (Å²) in [6.45, 7) is 1.98. The van der Waals surface area contributed by atoms with Crippen LogP contribution in [0.15, 0.2) is 42.5 Å². The molecule has 0 heterocycles. The smallest absolute Gasteiger partial charge is 0.259 e. The van der Waals surface area contributed by atoms with Crippen LogP contribution in [0.3, 0.4) is 0 Å². The molecule has 2 aromatic rings. The van der Waals surface area contributed by atoms with Crippen LogP contribution in [-0.2, 0) is 0 Å². The molecule has 0 unspecified atom stereocenters. The summed E-state index contributed by atoms with van der Waals surface area (Å²) >= 11 is 6.05. The summed E-state index contributed by atoms with van der Waals surface area (Å²) in [6.07, 6.45) is 0. The first-order valence-electron chi connectivity index (χ1n) is 5.89. The van der Waals surface area contributed by atoms with Crippen LogP contribution < -0.4 is 10.6 Å². The maximum atomic E-state index is 12.4. The average Bonchev–Trinajstić information content (AvgIpc) is 2.40. The maximum Gasteiger partial charge on any atom is 0.259 e. The Morgan fingerprint density at radius 2 is 1.95 bits per heavy atom. The van der Waals surface area contributed by atoms with Crippen molar-refractivity contribution >= 4 is 28.9 Å². The first-order valence-corrected chi connectivity index (χ1v) is 6.26. The van der Waals surface area contributed by atoms with Gasteiger partial charge < -0.3 is 10.6 Å². The summed E-state index contributed by atoms with van der Waals surface area (Å²) in [5.41, 5.74) is 8.54. The minimum absolute atomic E-state index is 0.178. The predicted molar refractivity (Wildman–Crippen MR) is 79.8 cm³/mol. The van der Waals surface area contributed by atoms with Gasteiger partial charge in [0.15, 0.2) is 0 Å². The molecule has 19 heavy (non-hydrogen) atoms. The quantitative estimate of drug-likeness (QED) is 0.852. The highest BCUT2D eigenvalue weighted by atomic mass is 35.5. The van der Waals surface area contributed by atoms with E-state index in [0.717, 1.165) is 11.3 Å². The number of aryl methyl sites for hydroxylation is 1. The lowest BCUT2D eigenvalue weighted by Gasteiger charge is -2.18. The van der Waals surface area contributed by atoms with Crippen molar-refractivity contribution in [2.75, 3.05) is 17.7 Å². The topological polar surface area (TPSA) is 46.3 Å². The zero-order chi connectivity index (χ0) is 14.0. The minimum Gasteiger partial charge on any atom is -0.399 e. The number of carbonyl (C=O) groups is 1. The number of hydrogen-bond acceptors (Lipinski definition) is 2. The lowest BCUT2D eigenvalue weighted by atomic mass is 10.1. The van der Waals surface area contributed by atoms with Crippen LogP contribution in [-0.4, -0.2) is 13.0 Å². The second-order valence-electron chi connectivity index (χ2n) is 4.44. The van der Waals surface area contributed by atoms with E-state index in [1.807, 2.05) is 31.2 Å². The van der Waals surface area contributed by atoms with Crippen molar-refractivity contribution in [3.8, 4) is 0 Å². The fourth-order valence-corrected chi connectivity index (χ4v) is 2.04. The molecular weight excluding hydrogens is 260 g/mol. The van der Waals surface area contributed by atoms with Crippen LogP contribution in [0, 0.1) is 6.92 Å². The second-order valence-corrected chi connectivity index (χ2v) is 4.85. The van der Waals surface area contributed by atoms with Crippen LogP contribution in [0.1, 0.15) is 15.9 Å². The predicted octanol–water partition coefficient (Wildman–Crippen LogP) is 3.51. The number of nitrogens with zero attached hydrogens (tertiary/aromatic N) is 1. The molecule has 0 aliphatic heterocycles. The number of carbonyl (C=O) groups excluding carboxylic acids is 1. The van der Waals surface area contributed by atoms with Gasteiger partial charge >= 0.3 is 0 Å². The van der Waals surface area contributed by atoms with Gasteiger partial charge in [0.25, 0.3) is 5.91 Å². The van der Waals surface area contributed by atoms with E-state index in [-0.39, 0.29) is 5.91 Å². The molecule has 4 heteroatoms. The zero-order valence-corrected chi connectivity index (χ0v) is 11.6. The molecule has 0 saturated heterocycles. The fourth-order valence-electron chi connectivity index (χ4n) is 1.84. The van der Waals surface area contributed by atoms with Crippen molar-refractivity contribution in [2.24, 2.45) is 0 Å². The minimum atomic E-state index is -0.178. The van der Waals surface area contributed by atoms with E-state index >= 15 is 0 Å². The Kier molecular flexibility index (Phi) is 3.76. The van der Waals surface area contributed by atoms with Gasteiger partial charge in [-0.05, 0) is 42.8 Å². The third-order valence-corrected chi connectivity index (χ3v) is 3.24. The Labute approximate surface area is 117 Å². The third kappa shape index (κ3) is 2.88. The molecule has 1 amide bonds. The molecule has 2 aromatic carbocycles. The van der Waals surface area contributed by atoms with Crippen molar-refractivity contribution < 1.29 is 4.79 Å². The largest absolute Gasteiger partial charge is 0.399 e. The molecule has 2 N–H and O–H groups in total. The Morgan fingerprint density at radius 1 is 1.21 bits per heavy atom. The fraction of sp³-hybridized carbons (Fsp3) is 0.133. The SMILES string of the molecule is Cc1cccc(N(C)C(=O)c2cc(N)ccc2Cl)c1. The molecule has 0 aromatic heterocycles. The van der Waals surface area contributed by atoms with Crippen molar-refractivity contribution in [1.82, 2.24) is 0 Å². The summed E-state index contributed by atoms with van der Waals surface area (Å²) in [4.78, 5) is 14.0. The molecule has 0 bridgehead atoms. The Bertz CT molecular complexity index is 625.